The van der Waals surface area contributed by atoms with Gasteiger partial charge in [0, 0.05) is 11.9 Å². The largest absolute Gasteiger partial charge is 0.365 e. The zero-order chi connectivity index (χ0) is 13.7. The predicted molar refractivity (Wildman–Crippen MR) is 70.7 cm³/mol. The van der Waals surface area contributed by atoms with Gasteiger partial charge in [-0.25, -0.2) is 0 Å². The number of para-hydroxylation sites is 1. The Morgan fingerprint density at radius 1 is 1.42 bits per heavy atom. The molecule has 0 fully saturated rings. The van der Waals surface area contributed by atoms with Crippen LogP contribution in [0, 0.1) is 11.3 Å². The summed E-state index contributed by atoms with van der Waals surface area (Å²) in [6, 6.07) is 11.4. The van der Waals surface area contributed by atoms with Gasteiger partial charge in [-0.05, 0) is 12.1 Å². The lowest BCUT2D eigenvalue weighted by Crippen LogP contribution is -2.12. The van der Waals surface area contributed by atoms with Crippen molar-refractivity contribution in [3.63, 3.8) is 0 Å². The SMILES string of the molecule is N#CCCn1cc(C(N)=O)c(Nc2ccccc2)n1. The second kappa shape index (κ2) is 5.69. The van der Waals surface area contributed by atoms with Gasteiger partial charge in [-0.2, -0.15) is 10.4 Å². The van der Waals surface area contributed by atoms with Crippen LogP contribution in [0.25, 0.3) is 0 Å². The normalized spacial score (nSPS) is 9.84. The molecule has 0 unspecified atom stereocenters. The molecule has 0 saturated carbocycles. The predicted octanol–water partition coefficient (Wildman–Crippen LogP) is 1.64. The summed E-state index contributed by atoms with van der Waals surface area (Å²) in [6.45, 7) is 0.424. The summed E-state index contributed by atoms with van der Waals surface area (Å²) in [5.74, 6) is -0.154. The van der Waals surface area contributed by atoms with E-state index in [1.165, 1.54) is 4.68 Å². The topological polar surface area (TPSA) is 96.7 Å². The van der Waals surface area contributed by atoms with Crippen LogP contribution < -0.4 is 11.1 Å². The van der Waals surface area contributed by atoms with Crippen molar-refractivity contribution in [2.75, 3.05) is 5.32 Å². The first-order chi connectivity index (χ1) is 9.20. The number of carbonyl (C=O) groups excluding carboxylic acids is 1. The number of aryl methyl sites for hydroxylation is 1. The molecule has 1 heterocycles. The maximum absolute atomic E-state index is 11.4. The van der Waals surface area contributed by atoms with Gasteiger partial charge in [-0.15, -0.1) is 0 Å². The number of nitriles is 1. The van der Waals surface area contributed by atoms with Crippen LogP contribution in [-0.4, -0.2) is 15.7 Å². The number of rotatable bonds is 5. The quantitative estimate of drug-likeness (QED) is 0.848. The molecule has 1 aromatic carbocycles. The Balaban J connectivity index is 2.25. The molecular weight excluding hydrogens is 242 g/mol. The van der Waals surface area contributed by atoms with E-state index in [0.717, 1.165) is 5.69 Å². The van der Waals surface area contributed by atoms with Crippen molar-refractivity contribution in [2.24, 2.45) is 5.73 Å². The second-order valence-electron chi connectivity index (χ2n) is 3.92. The number of nitrogens with one attached hydrogen (secondary N) is 1. The zero-order valence-electron chi connectivity index (χ0n) is 10.2. The van der Waals surface area contributed by atoms with Crippen molar-refractivity contribution in [1.82, 2.24) is 9.78 Å². The van der Waals surface area contributed by atoms with E-state index in [1.807, 2.05) is 36.4 Å². The van der Waals surface area contributed by atoms with Gasteiger partial charge in [0.2, 0.25) is 0 Å². The number of hydrogen-bond donors (Lipinski definition) is 2. The highest BCUT2D eigenvalue weighted by molar-refractivity contribution is 5.98. The Kier molecular flexibility index (Phi) is 3.78. The van der Waals surface area contributed by atoms with Crippen LogP contribution in [0.4, 0.5) is 11.5 Å². The van der Waals surface area contributed by atoms with E-state index in [0.29, 0.717) is 24.3 Å². The first-order valence-corrected chi connectivity index (χ1v) is 5.77. The summed E-state index contributed by atoms with van der Waals surface area (Å²) in [5, 5.41) is 15.8. The molecule has 19 heavy (non-hydrogen) atoms. The molecule has 2 rings (SSSR count). The fraction of sp³-hybridized carbons (Fsp3) is 0.154. The van der Waals surface area contributed by atoms with E-state index in [2.05, 4.69) is 10.4 Å². The molecular formula is C13H13N5O. The Morgan fingerprint density at radius 3 is 2.79 bits per heavy atom. The molecule has 3 N–H and O–H groups in total. The van der Waals surface area contributed by atoms with E-state index in [4.69, 9.17) is 11.0 Å². The van der Waals surface area contributed by atoms with Crippen LogP contribution in [-0.2, 0) is 6.54 Å². The first-order valence-electron chi connectivity index (χ1n) is 5.77. The number of hydrogen-bond acceptors (Lipinski definition) is 4. The fourth-order valence-electron chi connectivity index (χ4n) is 1.63. The number of nitrogens with zero attached hydrogens (tertiary/aromatic N) is 3. The first kappa shape index (κ1) is 12.6. The van der Waals surface area contributed by atoms with Crippen LogP contribution >= 0.6 is 0 Å². The lowest BCUT2D eigenvalue weighted by Gasteiger charge is -2.03. The van der Waals surface area contributed by atoms with Crippen molar-refractivity contribution in [2.45, 2.75) is 13.0 Å². The lowest BCUT2D eigenvalue weighted by atomic mass is 10.3. The second-order valence-corrected chi connectivity index (χ2v) is 3.92. The standard InChI is InChI=1S/C13H13N5O/c14-7-4-8-18-9-11(12(15)19)13(17-18)16-10-5-2-1-3-6-10/h1-3,5-6,9H,4,8H2,(H2,15,19)(H,16,17). The molecule has 0 aliphatic heterocycles. The van der Waals surface area contributed by atoms with Gasteiger partial charge >= 0.3 is 0 Å². The van der Waals surface area contributed by atoms with E-state index >= 15 is 0 Å². The van der Waals surface area contributed by atoms with Crippen LogP contribution in [0.1, 0.15) is 16.8 Å². The van der Waals surface area contributed by atoms with Crippen molar-refractivity contribution < 1.29 is 4.79 Å². The maximum Gasteiger partial charge on any atom is 0.254 e. The van der Waals surface area contributed by atoms with Crippen LogP contribution in [0.2, 0.25) is 0 Å². The number of amides is 1. The monoisotopic (exact) mass is 255 g/mol. The molecule has 0 radical (unpaired) electrons. The minimum atomic E-state index is -0.554. The molecule has 0 atom stereocenters. The Morgan fingerprint density at radius 2 is 2.16 bits per heavy atom. The highest BCUT2D eigenvalue weighted by Crippen LogP contribution is 2.18. The summed E-state index contributed by atoms with van der Waals surface area (Å²) in [6.07, 6.45) is 1.87. The van der Waals surface area contributed by atoms with Gasteiger partial charge in [0.15, 0.2) is 5.82 Å². The van der Waals surface area contributed by atoms with Gasteiger partial charge in [-0.3, -0.25) is 9.48 Å². The fourth-order valence-corrected chi connectivity index (χ4v) is 1.63. The summed E-state index contributed by atoms with van der Waals surface area (Å²) < 4.78 is 1.54. The average molecular weight is 255 g/mol. The Hall–Kier alpha value is -2.81. The average Bonchev–Trinajstić information content (AvgIpc) is 2.81. The molecule has 1 amide bonds. The highest BCUT2D eigenvalue weighted by atomic mass is 16.1. The highest BCUT2D eigenvalue weighted by Gasteiger charge is 2.13. The number of anilines is 2. The summed E-state index contributed by atoms with van der Waals surface area (Å²) in [5.41, 5.74) is 6.44. The molecule has 6 nitrogen and oxygen atoms in total. The van der Waals surface area contributed by atoms with Crippen molar-refractivity contribution in [1.29, 1.82) is 5.26 Å². The zero-order valence-corrected chi connectivity index (χ0v) is 10.2. The smallest absolute Gasteiger partial charge is 0.254 e. The summed E-state index contributed by atoms with van der Waals surface area (Å²) in [4.78, 5) is 11.4. The van der Waals surface area contributed by atoms with E-state index < -0.39 is 5.91 Å². The van der Waals surface area contributed by atoms with Gasteiger partial charge < -0.3 is 11.1 Å². The molecule has 0 spiro atoms. The van der Waals surface area contributed by atoms with Gasteiger partial charge in [0.1, 0.15) is 5.56 Å². The van der Waals surface area contributed by atoms with Crippen molar-refractivity contribution >= 4 is 17.4 Å². The third-order valence-corrected chi connectivity index (χ3v) is 2.52. The van der Waals surface area contributed by atoms with Gasteiger partial charge in [-0.1, -0.05) is 18.2 Å². The minimum Gasteiger partial charge on any atom is -0.365 e. The van der Waals surface area contributed by atoms with Gasteiger partial charge in [0.25, 0.3) is 5.91 Å². The Bertz CT molecular complexity index is 612. The third-order valence-electron chi connectivity index (χ3n) is 2.52. The summed E-state index contributed by atoms with van der Waals surface area (Å²) in [7, 11) is 0. The van der Waals surface area contributed by atoms with Crippen LogP contribution in [0.5, 0.6) is 0 Å². The number of carbonyl (C=O) groups is 1. The van der Waals surface area contributed by atoms with E-state index in [9.17, 15) is 4.79 Å². The molecule has 0 aliphatic carbocycles. The number of primary amides is 1. The summed E-state index contributed by atoms with van der Waals surface area (Å²) >= 11 is 0. The lowest BCUT2D eigenvalue weighted by molar-refractivity contribution is 0.100. The van der Waals surface area contributed by atoms with E-state index in [1.54, 1.807) is 6.20 Å². The Labute approximate surface area is 110 Å². The van der Waals surface area contributed by atoms with Crippen LogP contribution in [0.15, 0.2) is 36.5 Å². The molecule has 1 aromatic heterocycles. The molecule has 6 heteroatoms. The molecule has 2 aromatic rings. The van der Waals surface area contributed by atoms with Crippen molar-refractivity contribution in [3.8, 4) is 6.07 Å². The number of benzene rings is 1. The maximum atomic E-state index is 11.4. The van der Waals surface area contributed by atoms with Crippen molar-refractivity contribution in [3.05, 3.63) is 42.1 Å². The number of nitrogens with two attached hydrogens (primary N) is 1. The van der Waals surface area contributed by atoms with E-state index in [-0.39, 0.29) is 0 Å². The molecule has 0 saturated heterocycles. The molecule has 0 bridgehead atoms. The van der Waals surface area contributed by atoms with Crippen LogP contribution in [0.3, 0.4) is 0 Å². The molecule has 96 valence electrons. The van der Waals surface area contributed by atoms with Gasteiger partial charge in [0.05, 0.1) is 19.0 Å². The molecule has 0 aliphatic rings. The minimum absolute atomic E-state index is 0.307. The third kappa shape index (κ3) is 3.10. The number of aromatic nitrogens is 2.